The molecule has 0 saturated carbocycles. The number of halogens is 2. The summed E-state index contributed by atoms with van der Waals surface area (Å²) in [7, 11) is 0. The Bertz CT molecular complexity index is 453. The number of benzene rings is 1. The third kappa shape index (κ3) is 1.33. The number of H-pyrrole nitrogens is 1. The summed E-state index contributed by atoms with van der Waals surface area (Å²) in [5, 5.41) is 6.41. The van der Waals surface area contributed by atoms with Crippen molar-refractivity contribution in [2.45, 2.75) is 0 Å². The second-order valence-corrected chi connectivity index (χ2v) is 3.22. The van der Waals surface area contributed by atoms with Gasteiger partial charge >= 0.3 is 0 Å². The van der Waals surface area contributed by atoms with Crippen molar-refractivity contribution in [2.75, 3.05) is 5.73 Å². The maximum atomic E-state index is 13.3. The zero-order valence-electron chi connectivity index (χ0n) is 7.09. The summed E-state index contributed by atoms with van der Waals surface area (Å²) in [6, 6.07) is 3.13. The monoisotopic (exact) mass is 211 g/mol. The van der Waals surface area contributed by atoms with Crippen LogP contribution < -0.4 is 5.73 Å². The van der Waals surface area contributed by atoms with E-state index in [1.807, 2.05) is 0 Å². The molecule has 0 amide bonds. The number of nitrogens with zero attached hydrogens (tertiary/aromatic N) is 1. The molecule has 0 unspecified atom stereocenters. The van der Waals surface area contributed by atoms with E-state index < -0.39 is 5.82 Å². The molecule has 0 saturated heterocycles. The normalized spacial score (nSPS) is 10.4. The highest BCUT2D eigenvalue weighted by molar-refractivity contribution is 6.31. The zero-order chi connectivity index (χ0) is 10.1. The fourth-order valence-electron chi connectivity index (χ4n) is 1.22. The molecule has 72 valence electrons. The highest BCUT2D eigenvalue weighted by Gasteiger charge is 2.10. The molecule has 3 nitrogen and oxygen atoms in total. The molecule has 0 atom stereocenters. The molecule has 2 aromatic rings. The lowest BCUT2D eigenvalue weighted by molar-refractivity contribution is 0.633. The molecular weight excluding hydrogens is 205 g/mol. The van der Waals surface area contributed by atoms with E-state index in [0.29, 0.717) is 5.56 Å². The van der Waals surface area contributed by atoms with Crippen LogP contribution in [0.5, 0.6) is 0 Å². The Morgan fingerprint density at radius 2 is 2.21 bits per heavy atom. The lowest BCUT2D eigenvalue weighted by Gasteiger charge is -2.04. The standard InChI is InChI=1S/C9H7ClFN3/c10-7-2-1-6(9(12)8(7)11)5-3-13-14-4-5/h1-4H,12H2,(H,13,14). The second kappa shape index (κ2) is 3.31. The molecule has 0 aliphatic heterocycles. The molecule has 1 heterocycles. The van der Waals surface area contributed by atoms with Gasteiger partial charge < -0.3 is 5.73 Å². The summed E-state index contributed by atoms with van der Waals surface area (Å²) in [5.41, 5.74) is 6.93. The summed E-state index contributed by atoms with van der Waals surface area (Å²) >= 11 is 5.57. The quantitative estimate of drug-likeness (QED) is 0.712. The van der Waals surface area contributed by atoms with Gasteiger partial charge in [-0.3, -0.25) is 5.10 Å². The fourth-order valence-corrected chi connectivity index (χ4v) is 1.38. The minimum absolute atomic E-state index is 0.0229. The molecule has 2 rings (SSSR count). The molecule has 0 aliphatic rings. The molecule has 1 aromatic heterocycles. The Morgan fingerprint density at radius 1 is 1.43 bits per heavy atom. The Hall–Kier alpha value is -1.55. The molecule has 0 aliphatic carbocycles. The Kier molecular flexibility index (Phi) is 2.13. The summed E-state index contributed by atoms with van der Waals surface area (Å²) in [4.78, 5) is 0. The number of hydrogen-bond acceptors (Lipinski definition) is 2. The molecule has 0 fully saturated rings. The molecule has 14 heavy (non-hydrogen) atoms. The van der Waals surface area contributed by atoms with E-state index in [4.69, 9.17) is 17.3 Å². The fraction of sp³-hybridized carbons (Fsp3) is 0. The molecule has 5 heteroatoms. The number of hydrogen-bond donors (Lipinski definition) is 2. The van der Waals surface area contributed by atoms with Crippen molar-refractivity contribution in [3.8, 4) is 11.1 Å². The van der Waals surface area contributed by atoms with Crippen LogP contribution in [0.25, 0.3) is 11.1 Å². The SMILES string of the molecule is Nc1c(-c2cn[nH]c2)ccc(Cl)c1F. The number of anilines is 1. The van der Waals surface area contributed by atoms with Crippen LogP contribution >= 0.6 is 11.6 Å². The molecule has 0 radical (unpaired) electrons. The van der Waals surface area contributed by atoms with Gasteiger partial charge in [0.1, 0.15) is 0 Å². The van der Waals surface area contributed by atoms with Crippen molar-refractivity contribution in [2.24, 2.45) is 0 Å². The Balaban J connectivity index is 2.61. The van der Waals surface area contributed by atoms with E-state index in [9.17, 15) is 4.39 Å². The zero-order valence-corrected chi connectivity index (χ0v) is 7.85. The summed E-state index contributed by atoms with van der Waals surface area (Å²) < 4.78 is 13.3. The summed E-state index contributed by atoms with van der Waals surface area (Å²) in [5.74, 6) is -0.592. The highest BCUT2D eigenvalue weighted by atomic mass is 35.5. The number of rotatable bonds is 1. The number of nitrogens with one attached hydrogen (secondary N) is 1. The van der Waals surface area contributed by atoms with E-state index in [1.54, 1.807) is 18.5 Å². The van der Waals surface area contributed by atoms with Crippen LogP contribution in [-0.2, 0) is 0 Å². The maximum Gasteiger partial charge on any atom is 0.165 e. The topological polar surface area (TPSA) is 54.7 Å². The van der Waals surface area contributed by atoms with Gasteiger partial charge in [-0.1, -0.05) is 17.7 Å². The van der Waals surface area contributed by atoms with Crippen molar-refractivity contribution < 1.29 is 4.39 Å². The first-order valence-electron chi connectivity index (χ1n) is 3.93. The minimum atomic E-state index is -0.592. The molecule has 1 aromatic carbocycles. The van der Waals surface area contributed by atoms with Gasteiger partial charge in [0.2, 0.25) is 0 Å². The largest absolute Gasteiger partial charge is 0.396 e. The van der Waals surface area contributed by atoms with Gasteiger partial charge in [0.15, 0.2) is 5.82 Å². The first-order chi connectivity index (χ1) is 6.70. The first-order valence-corrected chi connectivity index (χ1v) is 4.30. The van der Waals surface area contributed by atoms with Gasteiger partial charge in [-0.15, -0.1) is 0 Å². The molecule has 0 bridgehead atoms. The smallest absolute Gasteiger partial charge is 0.165 e. The first kappa shape index (κ1) is 9.02. The Labute approximate surface area is 84.7 Å². The predicted octanol–water partition coefficient (Wildman–Crippen LogP) is 2.45. The van der Waals surface area contributed by atoms with E-state index >= 15 is 0 Å². The number of aromatic amines is 1. The molecular formula is C9H7ClFN3. The van der Waals surface area contributed by atoms with Gasteiger partial charge in [-0.25, -0.2) is 4.39 Å². The average molecular weight is 212 g/mol. The van der Waals surface area contributed by atoms with Crippen LogP contribution in [0.15, 0.2) is 24.5 Å². The molecule has 3 N–H and O–H groups in total. The van der Waals surface area contributed by atoms with Crippen molar-refractivity contribution >= 4 is 17.3 Å². The average Bonchev–Trinajstić information content (AvgIpc) is 2.67. The van der Waals surface area contributed by atoms with Gasteiger partial charge in [-0.2, -0.15) is 5.10 Å². The van der Waals surface area contributed by atoms with E-state index in [-0.39, 0.29) is 10.7 Å². The third-order valence-corrected chi connectivity index (χ3v) is 2.23. The van der Waals surface area contributed by atoms with Gasteiger partial charge in [0.25, 0.3) is 0 Å². The lowest BCUT2D eigenvalue weighted by Crippen LogP contribution is -1.94. The van der Waals surface area contributed by atoms with Gasteiger partial charge in [0.05, 0.1) is 16.9 Å². The predicted molar refractivity (Wildman–Crippen MR) is 53.4 cm³/mol. The van der Waals surface area contributed by atoms with Gasteiger partial charge in [-0.05, 0) is 6.07 Å². The van der Waals surface area contributed by atoms with Crippen LogP contribution in [0.2, 0.25) is 5.02 Å². The van der Waals surface area contributed by atoms with Crippen molar-refractivity contribution in [3.05, 3.63) is 35.4 Å². The van der Waals surface area contributed by atoms with Crippen LogP contribution in [0.3, 0.4) is 0 Å². The second-order valence-electron chi connectivity index (χ2n) is 2.81. The van der Waals surface area contributed by atoms with Crippen LogP contribution in [0.4, 0.5) is 10.1 Å². The van der Waals surface area contributed by atoms with E-state index in [0.717, 1.165) is 5.56 Å². The lowest BCUT2D eigenvalue weighted by atomic mass is 10.1. The minimum Gasteiger partial charge on any atom is -0.396 e. The van der Waals surface area contributed by atoms with Crippen molar-refractivity contribution in [1.29, 1.82) is 0 Å². The van der Waals surface area contributed by atoms with Crippen LogP contribution in [0, 0.1) is 5.82 Å². The Morgan fingerprint density at radius 3 is 2.86 bits per heavy atom. The van der Waals surface area contributed by atoms with E-state index in [1.165, 1.54) is 6.07 Å². The van der Waals surface area contributed by atoms with Crippen LogP contribution in [-0.4, -0.2) is 10.2 Å². The maximum absolute atomic E-state index is 13.3. The summed E-state index contributed by atoms with van der Waals surface area (Å²) in [6.07, 6.45) is 3.21. The highest BCUT2D eigenvalue weighted by Crippen LogP contribution is 2.30. The summed E-state index contributed by atoms with van der Waals surface area (Å²) in [6.45, 7) is 0. The number of nitrogens with two attached hydrogens (primary N) is 1. The van der Waals surface area contributed by atoms with Crippen molar-refractivity contribution in [1.82, 2.24) is 10.2 Å². The number of nitrogen functional groups attached to an aromatic ring is 1. The van der Waals surface area contributed by atoms with Crippen LogP contribution in [0.1, 0.15) is 0 Å². The third-order valence-electron chi connectivity index (χ3n) is 1.94. The van der Waals surface area contributed by atoms with E-state index in [2.05, 4.69) is 10.2 Å². The molecule has 0 spiro atoms. The van der Waals surface area contributed by atoms with Crippen molar-refractivity contribution in [3.63, 3.8) is 0 Å². The van der Waals surface area contributed by atoms with Gasteiger partial charge in [0, 0.05) is 17.3 Å². The number of aromatic nitrogens is 2.